The molecule has 0 aliphatic carbocycles. The first-order chi connectivity index (χ1) is 13.4. The molecule has 0 saturated carbocycles. The molecule has 0 unspecified atom stereocenters. The number of aliphatic hydroxyl groups excluding tert-OH is 1. The Morgan fingerprint density at radius 1 is 1.39 bits per heavy atom. The monoisotopic (exact) mass is 439 g/mol. The van der Waals surface area contributed by atoms with Crippen molar-refractivity contribution in [2.45, 2.75) is 43.1 Å². The molecule has 0 aromatic carbocycles. The lowest BCUT2D eigenvalue weighted by Crippen LogP contribution is -2.35. The van der Waals surface area contributed by atoms with Crippen LogP contribution in [0.3, 0.4) is 0 Å². The maximum absolute atomic E-state index is 11.9. The van der Waals surface area contributed by atoms with Crippen LogP contribution >= 0.6 is 34.7 Å². The zero-order chi connectivity index (χ0) is 20.3. The van der Waals surface area contributed by atoms with Crippen molar-refractivity contribution in [1.29, 1.82) is 0 Å². The van der Waals surface area contributed by atoms with Crippen molar-refractivity contribution < 1.29 is 5.11 Å². The number of rotatable bonds is 8. The van der Waals surface area contributed by atoms with Crippen LogP contribution in [0, 0.1) is 0 Å². The van der Waals surface area contributed by atoms with Crippen molar-refractivity contribution in [3.05, 3.63) is 38.7 Å². The Morgan fingerprint density at radius 3 is 2.82 bits per heavy atom. The first-order valence-electron chi connectivity index (χ1n) is 8.95. The quantitative estimate of drug-likeness (QED) is 0.312. The maximum Gasteiger partial charge on any atom is 0.306 e. The zero-order valence-corrected chi connectivity index (χ0v) is 18.2. The number of fused-ring (bicyclic) bond motifs is 1. The lowest BCUT2D eigenvalue weighted by atomic mass is 10.1. The highest BCUT2D eigenvalue weighted by atomic mass is 35.5. The molecule has 0 saturated heterocycles. The van der Waals surface area contributed by atoms with Crippen molar-refractivity contribution in [3.63, 3.8) is 0 Å². The largest absolute Gasteiger partial charge is 0.394 e. The molecule has 3 aromatic rings. The van der Waals surface area contributed by atoms with E-state index in [9.17, 15) is 9.90 Å². The number of H-pyrrole nitrogens is 1. The zero-order valence-electron chi connectivity index (χ0n) is 15.8. The normalized spacial score (nSPS) is 13.6. The number of hydrogen-bond donors (Lipinski definition) is 2. The smallest absolute Gasteiger partial charge is 0.306 e. The molecule has 0 amide bonds. The van der Waals surface area contributed by atoms with E-state index in [1.165, 1.54) is 11.8 Å². The highest BCUT2D eigenvalue weighted by Gasteiger charge is 2.21. The molecule has 3 rings (SSSR count). The number of hydrogen-bond acceptors (Lipinski definition) is 8. The number of halogens is 1. The number of aliphatic hydroxyl groups is 1. The SMILES string of the molecule is CCC[C@H](CO)N(C)c1nc(S[C@@H](C)c2ccc(Cl)nc2)nc2[nH]c(=O)sc12. The van der Waals surface area contributed by atoms with Gasteiger partial charge in [-0.25, -0.2) is 15.0 Å². The summed E-state index contributed by atoms with van der Waals surface area (Å²) in [6.07, 6.45) is 3.50. The Hall–Kier alpha value is -1.68. The summed E-state index contributed by atoms with van der Waals surface area (Å²) in [5, 5.41) is 10.8. The van der Waals surface area contributed by atoms with E-state index in [0.29, 0.717) is 26.5 Å². The van der Waals surface area contributed by atoms with Crippen molar-refractivity contribution >= 4 is 50.9 Å². The number of aromatic nitrogens is 4. The van der Waals surface area contributed by atoms with Gasteiger partial charge in [-0.2, -0.15) is 0 Å². The minimum absolute atomic E-state index is 0.0183. The molecule has 0 radical (unpaired) electrons. The summed E-state index contributed by atoms with van der Waals surface area (Å²) >= 11 is 8.43. The molecule has 7 nitrogen and oxygen atoms in total. The van der Waals surface area contributed by atoms with E-state index in [0.717, 1.165) is 29.7 Å². The molecule has 3 aromatic heterocycles. The van der Waals surface area contributed by atoms with Crippen LogP contribution in [0.15, 0.2) is 28.3 Å². The highest BCUT2D eigenvalue weighted by molar-refractivity contribution is 7.99. The van der Waals surface area contributed by atoms with E-state index in [-0.39, 0.29) is 22.8 Å². The van der Waals surface area contributed by atoms with Crippen LogP contribution in [0.2, 0.25) is 5.15 Å². The Kier molecular flexibility index (Phi) is 6.92. The number of thioether (sulfide) groups is 1. The van der Waals surface area contributed by atoms with Crippen LogP contribution in [-0.2, 0) is 0 Å². The molecule has 0 spiro atoms. The van der Waals surface area contributed by atoms with E-state index in [4.69, 9.17) is 16.6 Å². The van der Waals surface area contributed by atoms with E-state index in [1.807, 2.05) is 24.9 Å². The van der Waals surface area contributed by atoms with Gasteiger partial charge in [-0.3, -0.25) is 9.78 Å². The summed E-state index contributed by atoms with van der Waals surface area (Å²) in [5.41, 5.74) is 1.52. The molecule has 2 N–H and O–H groups in total. The van der Waals surface area contributed by atoms with Crippen LogP contribution in [0.25, 0.3) is 10.3 Å². The van der Waals surface area contributed by atoms with Crippen LogP contribution in [0.1, 0.15) is 37.5 Å². The number of nitrogens with one attached hydrogen (secondary N) is 1. The topological polar surface area (TPSA) is 95.0 Å². The van der Waals surface area contributed by atoms with Crippen LogP contribution < -0.4 is 9.77 Å². The van der Waals surface area contributed by atoms with E-state index in [2.05, 4.69) is 21.9 Å². The minimum Gasteiger partial charge on any atom is -0.394 e. The van der Waals surface area contributed by atoms with Gasteiger partial charge in [-0.05, 0) is 25.0 Å². The molecule has 3 heterocycles. The summed E-state index contributed by atoms with van der Waals surface area (Å²) < 4.78 is 0.701. The van der Waals surface area contributed by atoms with E-state index in [1.54, 1.807) is 12.3 Å². The second-order valence-corrected chi connectivity index (χ2v) is 9.11. The Bertz CT molecular complexity index is 992. The molecule has 0 aliphatic heterocycles. The second-order valence-electron chi connectivity index (χ2n) is 6.43. The van der Waals surface area contributed by atoms with Gasteiger partial charge in [0.2, 0.25) is 0 Å². The molecular weight excluding hydrogens is 418 g/mol. The number of likely N-dealkylation sites (N-methyl/N-ethyl adjacent to an activating group) is 1. The molecule has 2 atom stereocenters. The Morgan fingerprint density at radius 2 is 2.18 bits per heavy atom. The van der Waals surface area contributed by atoms with Crippen molar-refractivity contribution in [2.24, 2.45) is 0 Å². The molecule has 0 aliphatic rings. The van der Waals surface area contributed by atoms with E-state index < -0.39 is 0 Å². The minimum atomic E-state index is -0.174. The summed E-state index contributed by atoms with van der Waals surface area (Å²) in [6, 6.07) is 3.61. The fourth-order valence-corrected chi connectivity index (χ4v) is 4.67. The Labute approximate surface area is 176 Å². The van der Waals surface area contributed by atoms with Gasteiger partial charge in [0.15, 0.2) is 16.6 Å². The first kappa shape index (κ1) is 21.0. The summed E-state index contributed by atoms with van der Waals surface area (Å²) in [6.45, 7) is 4.13. The van der Waals surface area contributed by atoms with E-state index >= 15 is 0 Å². The predicted molar refractivity (Wildman–Crippen MR) is 116 cm³/mol. The van der Waals surface area contributed by atoms with Gasteiger partial charge in [0.05, 0.1) is 12.6 Å². The fraction of sp³-hybridized carbons (Fsp3) is 0.444. The van der Waals surface area contributed by atoms with Gasteiger partial charge in [0, 0.05) is 18.5 Å². The van der Waals surface area contributed by atoms with Crippen LogP contribution in [-0.4, -0.2) is 44.7 Å². The first-order valence-corrected chi connectivity index (χ1v) is 11.0. The molecule has 0 fully saturated rings. The number of thiazole rings is 1. The van der Waals surface area contributed by atoms with Crippen LogP contribution in [0.5, 0.6) is 0 Å². The summed E-state index contributed by atoms with van der Waals surface area (Å²) in [5.74, 6) is 0.657. The van der Waals surface area contributed by atoms with Gasteiger partial charge in [-0.15, -0.1) is 0 Å². The average Bonchev–Trinajstić information content (AvgIpc) is 3.05. The van der Waals surface area contributed by atoms with Crippen molar-refractivity contribution in [2.75, 3.05) is 18.6 Å². The molecule has 150 valence electrons. The number of nitrogens with zero attached hydrogens (tertiary/aromatic N) is 4. The van der Waals surface area contributed by atoms with Gasteiger partial charge >= 0.3 is 4.87 Å². The molecular formula is C18H22ClN5O2S2. The lowest BCUT2D eigenvalue weighted by Gasteiger charge is -2.27. The third-order valence-corrected chi connectivity index (χ3v) is 6.57. The average molecular weight is 440 g/mol. The maximum atomic E-state index is 11.9. The fourth-order valence-electron chi connectivity index (χ4n) is 2.87. The predicted octanol–water partition coefficient (Wildman–Crippen LogP) is 3.88. The summed E-state index contributed by atoms with van der Waals surface area (Å²) in [7, 11) is 1.89. The third kappa shape index (κ3) is 4.65. The number of aromatic amines is 1. The Balaban J connectivity index is 1.97. The van der Waals surface area contributed by atoms with Gasteiger partial charge in [0.25, 0.3) is 0 Å². The van der Waals surface area contributed by atoms with Crippen molar-refractivity contribution in [1.82, 2.24) is 19.9 Å². The lowest BCUT2D eigenvalue weighted by molar-refractivity contribution is 0.255. The van der Waals surface area contributed by atoms with Crippen LogP contribution in [0.4, 0.5) is 5.82 Å². The molecule has 10 heteroatoms. The molecule has 0 bridgehead atoms. The van der Waals surface area contributed by atoms with Gasteiger partial charge in [0.1, 0.15) is 9.85 Å². The molecule has 28 heavy (non-hydrogen) atoms. The number of anilines is 1. The highest BCUT2D eigenvalue weighted by Crippen LogP contribution is 2.36. The third-order valence-electron chi connectivity index (χ3n) is 4.46. The standard InChI is InChI=1S/C18H22ClN5O2S2/c1-4-5-12(9-25)24(3)16-14-15(22-18(26)28-14)21-17(23-16)27-10(2)11-6-7-13(19)20-8-11/h6-8,10,12,25H,4-5,9H2,1-3H3,(H,21,22,23,26)/t10-,12+/m0/s1. The summed E-state index contributed by atoms with van der Waals surface area (Å²) in [4.78, 5) is 29.8. The van der Waals surface area contributed by atoms with Gasteiger partial charge < -0.3 is 10.0 Å². The number of pyridine rings is 1. The van der Waals surface area contributed by atoms with Gasteiger partial charge in [-0.1, -0.05) is 54.1 Å². The second kappa shape index (κ2) is 9.21. The van der Waals surface area contributed by atoms with Crippen molar-refractivity contribution in [3.8, 4) is 0 Å².